The molecule has 1 unspecified atom stereocenters. The van der Waals surface area contributed by atoms with Crippen LogP contribution in [0.2, 0.25) is 0 Å². The number of nitrogens with zero attached hydrogens (tertiary/aromatic N) is 3. The molecule has 1 amide bonds. The summed E-state index contributed by atoms with van der Waals surface area (Å²) in [5.74, 6) is 0.134. The molecule has 0 aromatic heterocycles. The van der Waals surface area contributed by atoms with E-state index in [1.807, 2.05) is 16.8 Å². The van der Waals surface area contributed by atoms with E-state index in [9.17, 15) is 9.90 Å². The molecule has 1 atom stereocenters. The quantitative estimate of drug-likeness (QED) is 0.642. The van der Waals surface area contributed by atoms with Crippen LogP contribution in [0.5, 0.6) is 0 Å². The second kappa shape index (κ2) is 7.68. The number of aliphatic hydroxyl groups excluding tert-OH is 1. The van der Waals surface area contributed by atoms with Gasteiger partial charge in [0.25, 0.3) is 0 Å². The van der Waals surface area contributed by atoms with Crippen molar-refractivity contribution >= 4 is 5.91 Å². The smallest absolute Gasteiger partial charge is 0.236 e. The first-order valence-electron chi connectivity index (χ1n) is 6.34. The first-order chi connectivity index (χ1) is 8.52. The van der Waals surface area contributed by atoms with Gasteiger partial charge in [-0.15, -0.1) is 0 Å². The Kier molecular flexibility index (Phi) is 6.56. The monoisotopic (exact) mass is 259 g/mol. The van der Waals surface area contributed by atoms with Crippen LogP contribution in [0, 0.1) is 0 Å². The Bertz CT molecular complexity index is 255. The van der Waals surface area contributed by atoms with Gasteiger partial charge in [-0.3, -0.25) is 9.69 Å². The van der Waals surface area contributed by atoms with Gasteiger partial charge in [-0.1, -0.05) is 0 Å². The van der Waals surface area contributed by atoms with Crippen molar-refractivity contribution in [2.24, 2.45) is 0 Å². The number of carbonyl (C=O) groups is 1. The molecule has 0 aliphatic carbocycles. The number of ether oxygens (including phenoxy) is 1. The highest BCUT2D eigenvalue weighted by Gasteiger charge is 2.20. The lowest BCUT2D eigenvalue weighted by molar-refractivity contribution is -0.134. The SMILES string of the molecule is COCC(O)CN(C)CC(=O)N1CCN(C)CC1. The molecule has 1 saturated heterocycles. The summed E-state index contributed by atoms with van der Waals surface area (Å²) in [5.41, 5.74) is 0. The summed E-state index contributed by atoms with van der Waals surface area (Å²) in [6, 6.07) is 0. The second-order valence-corrected chi connectivity index (χ2v) is 4.99. The summed E-state index contributed by atoms with van der Waals surface area (Å²) in [4.78, 5) is 18.0. The van der Waals surface area contributed by atoms with Crippen molar-refractivity contribution in [1.29, 1.82) is 0 Å². The number of likely N-dealkylation sites (N-methyl/N-ethyl adjacent to an activating group) is 2. The highest BCUT2D eigenvalue weighted by molar-refractivity contribution is 5.78. The van der Waals surface area contributed by atoms with Crippen molar-refractivity contribution in [1.82, 2.24) is 14.7 Å². The van der Waals surface area contributed by atoms with Gasteiger partial charge in [-0.2, -0.15) is 0 Å². The Balaban J connectivity index is 2.26. The van der Waals surface area contributed by atoms with Crippen molar-refractivity contribution in [2.75, 3.05) is 67.1 Å². The lowest BCUT2D eigenvalue weighted by Gasteiger charge is -2.33. The number of rotatable bonds is 6. The topological polar surface area (TPSA) is 56.3 Å². The third-order valence-corrected chi connectivity index (χ3v) is 3.14. The zero-order chi connectivity index (χ0) is 13.5. The molecule has 106 valence electrons. The molecule has 1 N–H and O–H groups in total. The molecule has 0 aromatic rings. The average molecular weight is 259 g/mol. The third-order valence-electron chi connectivity index (χ3n) is 3.14. The van der Waals surface area contributed by atoms with Crippen LogP contribution in [0.15, 0.2) is 0 Å². The van der Waals surface area contributed by atoms with Crippen molar-refractivity contribution in [3.05, 3.63) is 0 Å². The van der Waals surface area contributed by atoms with Crippen LogP contribution in [0.3, 0.4) is 0 Å². The largest absolute Gasteiger partial charge is 0.389 e. The summed E-state index contributed by atoms with van der Waals surface area (Å²) < 4.78 is 4.86. The third kappa shape index (κ3) is 5.30. The first kappa shape index (κ1) is 15.4. The predicted octanol–water partition coefficient (Wildman–Crippen LogP) is -1.30. The number of amides is 1. The fourth-order valence-electron chi connectivity index (χ4n) is 2.06. The molecule has 0 spiro atoms. The van der Waals surface area contributed by atoms with E-state index in [0.29, 0.717) is 19.7 Å². The first-order valence-corrected chi connectivity index (χ1v) is 6.34. The van der Waals surface area contributed by atoms with E-state index in [2.05, 4.69) is 11.9 Å². The minimum Gasteiger partial charge on any atom is -0.389 e. The van der Waals surface area contributed by atoms with Gasteiger partial charge in [0.15, 0.2) is 0 Å². The van der Waals surface area contributed by atoms with Crippen LogP contribution in [0.1, 0.15) is 0 Å². The molecular formula is C12H25N3O3. The Morgan fingerprint density at radius 2 is 2.00 bits per heavy atom. The van der Waals surface area contributed by atoms with Crippen LogP contribution in [0.25, 0.3) is 0 Å². The molecule has 0 bridgehead atoms. The Morgan fingerprint density at radius 3 is 2.56 bits per heavy atom. The molecule has 1 heterocycles. The molecule has 18 heavy (non-hydrogen) atoms. The number of methoxy groups -OCH3 is 1. The number of hydrogen-bond acceptors (Lipinski definition) is 5. The number of aliphatic hydroxyl groups is 1. The zero-order valence-corrected chi connectivity index (χ0v) is 11.6. The van der Waals surface area contributed by atoms with Gasteiger partial charge in [-0.25, -0.2) is 0 Å². The van der Waals surface area contributed by atoms with Crippen molar-refractivity contribution < 1.29 is 14.6 Å². The highest BCUT2D eigenvalue weighted by atomic mass is 16.5. The molecule has 6 nitrogen and oxygen atoms in total. The van der Waals surface area contributed by atoms with Crippen LogP contribution >= 0.6 is 0 Å². The number of hydrogen-bond donors (Lipinski definition) is 1. The van der Waals surface area contributed by atoms with Gasteiger partial charge in [-0.05, 0) is 14.1 Å². The number of carbonyl (C=O) groups excluding carboxylic acids is 1. The fraction of sp³-hybridized carbons (Fsp3) is 0.917. The molecule has 1 fully saturated rings. The van der Waals surface area contributed by atoms with Crippen LogP contribution in [-0.2, 0) is 9.53 Å². The Hall–Kier alpha value is -0.690. The summed E-state index contributed by atoms with van der Waals surface area (Å²) in [5, 5.41) is 9.58. The van der Waals surface area contributed by atoms with Crippen molar-refractivity contribution in [3.8, 4) is 0 Å². The van der Waals surface area contributed by atoms with E-state index in [1.165, 1.54) is 0 Å². The lowest BCUT2D eigenvalue weighted by Crippen LogP contribution is -2.50. The molecule has 1 aliphatic rings. The van der Waals surface area contributed by atoms with Gasteiger partial charge in [0.05, 0.1) is 19.3 Å². The van der Waals surface area contributed by atoms with E-state index in [4.69, 9.17) is 4.74 Å². The maximum Gasteiger partial charge on any atom is 0.236 e. The van der Waals surface area contributed by atoms with Crippen molar-refractivity contribution in [3.63, 3.8) is 0 Å². The molecule has 1 rings (SSSR count). The normalized spacial score (nSPS) is 19.3. The van der Waals surface area contributed by atoms with Gasteiger partial charge in [0.1, 0.15) is 0 Å². The van der Waals surface area contributed by atoms with E-state index >= 15 is 0 Å². The Morgan fingerprint density at radius 1 is 1.39 bits per heavy atom. The summed E-state index contributed by atoms with van der Waals surface area (Å²) >= 11 is 0. The van der Waals surface area contributed by atoms with E-state index in [0.717, 1.165) is 26.2 Å². The highest BCUT2D eigenvalue weighted by Crippen LogP contribution is 2.01. The van der Waals surface area contributed by atoms with E-state index in [-0.39, 0.29) is 5.91 Å². The minimum atomic E-state index is -0.541. The average Bonchev–Trinajstić information content (AvgIpc) is 2.29. The molecule has 0 aromatic carbocycles. The van der Waals surface area contributed by atoms with Gasteiger partial charge >= 0.3 is 0 Å². The second-order valence-electron chi connectivity index (χ2n) is 4.99. The molecule has 0 saturated carbocycles. The predicted molar refractivity (Wildman–Crippen MR) is 69.5 cm³/mol. The summed E-state index contributed by atoms with van der Waals surface area (Å²) in [6.45, 7) is 4.56. The molecule has 0 radical (unpaired) electrons. The summed E-state index contributed by atoms with van der Waals surface area (Å²) in [7, 11) is 5.46. The Labute approximate surface area is 109 Å². The zero-order valence-electron chi connectivity index (χ0n) is 11.6. The molecule has 1 aliphatic heterocycles. The van der Waals surface area contributed by atoms with E-state index < -0.39 is 6.10 Å². The summed E-state index contributed by atoms with van der Waals surface area (Å²) in [6.07, 6.45) is -0.541. The molecule has 6 heteroatoms. The van der Waals surface area contributed by atoms with E-state index in [1.54, 1.807) is 7.11 Å². The molecular weight excluding hydrogens is 234 g/mol. The van der Waals surface area contributed by atoms with Crippen LogP contribution in [0.4, 0.5) is 0 Å². The lowest BCUT2D eigenvalue weighted by atomic mass is 10.3. The standard InChI is InChI=1S/C12H25N3O3/c1-13-4-6-15(7-5-13)12(17)9-14(2)8-11(16)10-18-3/h11,16H,4-10H2,1-3H3. The van der Waals surface area contributed by atoms with Crippen molar-refractivity contribution in [2.45, 2.75) is 6.10 Å². The minimum absolute atomic E-state index is 0.134. The van der Waals surface area contributed by atoms with Gasteiger partial charge < -0.3 is 19.6 Å². The van der Waals surface area contributed by atoms with Crippen LogP contribution in [-0.4, -0.2) is 98.9 Å². The maximum atomic E-state index is 12.0. The van der Waals surface area contributed by atoms with Crippen LogP contribution < -0.4 is 0 Å². The maximum absolute atomic E-state index is 12.0. The fourth-order valence-corrected chi connectivity index (χ4v) is 2.06. The van der Waals surface area contributed by atoms with Gasteiger partial charge in [0, 0.05) is 39.8 Å². The number of piperazine rings is 1. The van der Waals surface area contributed by atoms with Gasteiger partial charge in [0.2, 0.25) is 5.91 Å².